The second-order valence-electron chi connectivity index (χ2n) is 14.9. The van der Waals surface area contributed by atoms with E-state index >= 15 is 0 Å². The summed E-state index contributed by atoms with van der Waals surface area (Å²) in [7, 11) is 0. The molecule has 8 bridgehead atoms. The molecule has 10 rings (SSSR count). The van der Waals surface area contributed by atoms with Gasteiger partial charge in [0.25, 0.3) is 0 Å². The minimum absolute atomic E-state index is 0.0209. The third kappa shape index (κ3) is 3.59. The molecule has 0 saturated heterocycles. The third-order valence-corrected chi connectivity index (χ3v) is 12.3. The molecule has 0 spiro atoms. The maximum absolute atomic E-state index is 12.8. The van der Waals surface area contributed by atoms with Gasteiger partial charge < -0.3 is 10.2 Å². The number of carbonyl (C=O) groups is 2. The first-order chi connectivity index (χ1) is 19.2. The summed E-state index contributed by atoms with van der Waals surface area (Å²) in [6, 6.07) is 9.84. The van der Waals surface area contributed by atoms with Gasteiger partial charge in [-0.2, -0.15) is 0 Å². The Morgan fingerprint density at radius 3 is 1.52 bits per heavy atom. The van der Waals surface area contributed by atoms with E-state index in [0.717, 1.165) is 60.3 Å². The monoisotopic (exact) mass is 534 g/mol. The van der Waals surface area contributed by atoms with Gasteiger partial charge in [-0.1, -0.05) is 12.0 Å². The number of hydrogen-bond donors (Lipinski definition) is 2. The van der Waals surface area contributed by atoms with Gasteiger partial charge in [0.1, 0.15) is 0 Å². The molecule has 0 aliphatic heterocycles. The molecule has 0 amide bonds. The lowest BCUT2D eigenvalue weighted by atomic mass is 9.47. The lowest BCUT2D eigenvalue weighted by Gasteiger charge is -2.57. The molecule has 2 aromatic carbocycles. The van der Waals surface area contributed by atoms with Crippen LogP contribution in [0.5, 0.6) is 0 Å². The molecule has 4 nitrogen and oxygen atoms in total. The Balaban J connectivity index is 1.32. The number of carboxylic acid groups (broad SMARTS) is 2. The summed E-state index contributed by atoms with van der Waals surface area (Å²) in [4.78, 5) is 25.4. The summed E-state index contributed by atoms with van der Waals surface area (Å²) in [6.45, 7) is 0. The molecule has 0 aromatic heterocycles. The highest BCUT2D eigenvalue weighted by atomic mass is 16.4. The topological polar surface area (TPSA) is 74.6 Å². The van der Waals surface area contributed by atoms with Crippen LogP contribution in [0.4, 0.5) is 0 Å². The lowest BCUT2D eigenvalue weighted by molar-refractivity contribution is -0.00536. The molecule has 0 unspecified atom stereocenters. The maximum Gasteiger partial charge on any atom is 0.337 e. The van der Waals surface area contributed by atoms with Crippen molar-refractivity contribution >= 4 is 11.9 Å². The fourth-order valence-electron chi connectivity index (χ4n) is 11.7. The Hall–Kier alpha value is -3.06. The van der Waals surface area contributed by atoms with Crippen LogP contribution in [0.15, 0.2) is 30.3 Å². The second kappa shape index (κ2) is 8.48. The van der Waals surface area contributed by atoms with E-state index in [2.05, 4.69) is 12.0 Å². The van der Waals surface area contributed by atoms with Crippen molar-refractivity contribution in [2.75, 3.05) is 0 Å². The summed E-state index contributed by atoms with van der Waals surface area (Å²) in [5.41, 5.74) is 4.08. The Morgan fingerprint density at radius 2 is 1.10 bits per heavy atom. The van der Waals surface area contributed by atoms with Crippen LogP contribution in [0.3, 0.4) is 0 Å². The predicted molar refractivity (Wildman–Crippen MR) is 153 cm³/mol. The predicted octanol–water partition coefficient (Wildman–Crippen LogP) is 7.67. The SMILES string of the molecule is C#Cc1cc(C23CC4CC(CC(C4)C2)C3)cc(-c2cc(C34CC5CC(CC(C5)C3)C4)ccc2C(=O)O)c1C(=O)O. The van der Waals surface area contributed by atoms with Crippen molar-refractivity contribution in [1.82, 2.24) is 0 Å². The van der Waals surface area contributed by atoms with E-state index in [1.54, 1.807) is 6.07 Å². The molecule has 0 radical (unpaired) electrons. The highest BCUT2D eigenvalue weighted by molar-refractivity contribution is 6.04. The number of carboxylic acids is 2. The Bertz CT molecular complexity index is 1420. The van der Waals surface area contributed by atoms with Crippen molar-refractivity contribution in [2.24, 2.45) is 35.5 Å². The Kier molecular flexibility index (Phi) is 5.24. The summed E-state index contributed by atoms with van der Waals surface area (Å²) >= 11 is 0. The van der Waals surface area contributed by atoms with Gasteiger partial charge in [0, 0.05) is 5.56 Å². The first kappa shape index (κ1) is 24.7. The average molecular weight is 535 g/mol. The highest BCUT2D eigenvalue weighted by Crippen LogP contribution is 2.62. The molecule has 0 heterocycles. The van der Waals surface area contributed by atoms with E-state index in [9.17, 15) is 19.8 Å². The van der Waals surface area contributed by atoms with E-state index < -0.39 is 11.9 Å². The molecule has 40 heavy (non-hydrogen) atoms. The van der Waals surface area contributed by atoms with E-state index in [0.29, 0.717) is 16.7 Å². The van der Waals surface area contributed by atoms with Crippen molar-refractivity contribution in [1.29, 1.82) is 0 Å². The summed E-state index contributed by atoms with van der Waals surface area (Å²) in [6.07, 6.45) is 20.8. The van der Waals surface area contributed by atoms with Crippen molar-refractivity contribution in [3.63, 3.8) is 0 Å². The molecule has 2 aromatic rings. The average Bonchev–Trinajstić information content (AvgIpc) is 2.90. The van der Waals surface area contributed by atoms with Crippen LogP contribution < -0.4 is 0 Å². The molecular formula is C36H38O4. The minimum Gasteiger partial charge on any atom is -0.478 e. The van der Waals surface area contributed by atoms with Gasteiger partial charge in [-0.15, -0.1) is 6.42 Å². The van der Waals surface area contributed by atoms with Gasteiger partial charge in [0.05, 0.1) is 11.1 Å². The molecule has 8 saturated carbocycles. The van der Waals surface area contributed by atoms with Crippen LogP contribution in [-0.4, -0.2) is 22.2 Å². The molecular weight excluding hydrogens is 496 g/mol. The molecule has 8 aliphatic carbocycles. The second-order valence-corrected chi connectivity index (χ2v) is 14.9. The van der Waals surface area contributed by atoms with Crippen LogP contribution in [0.25, 0.3) is 11.1 Å². The number of hydrogen-bond acceptors (Lipinski definition) is 2. The fourth-order valence-corrected chi connectivity index (χ4v) is 11.7. The summed E-state index contributed by atoms with van der Waals surface area (Å²) in [5.74, 6) is 5.07. The van der Waals surface area contributed by atoms with Gasteiger partial charge in [-0.25, -0.2) is 9.59 Å². The number of benzene rings is 2. The van der Waals surface area contributed by atoms with Crippen LogP contribution in [0.2, 0.25) is 0 Å². The largest absolute Gasteiger partial charge is 0.478 e. The van der Waals surface area contributed by atoms with Crippen molar-refractivity contribution < 1.29 is 19.8 Å². The zero-order chi connectivity index (χ0) is 27.4. The van der Waals surface area contributed by atoms with Gasteiger partial charge in [-0.05, 0) is 170 Å². The standard InChI is InChI=1S/C36H38O4/c1-2-26-11-28(36-17-23-8-24(18-36)10-25(9-23)19-36)13-31(32(26)34(39)40)30-12-27(3-4-29(30)33(37)38)35-14-20-5-21(15-35)7-22(6-20)16-35/h1,3-4,11-13,20-25H,5-10,14-19H2,(H,37,38)(H,39,40). The third-order valence-electron chi connectivity index (χ3n) is 12.3. The zero-order valence-electron chi connectivity index (χ0n) is 23.1. The smallest absolute Gasteiger partial charge is 0.337 e. The minimum atomic E-state index is -1.09. The fraction of sp³-hybridized carbons (Fsp3) is 0.556. The summed E-state index contributed by atoms with van der Waals surface area (Å²) in [5, 5.41) is 20.8. The van der Waals surface area contributed by atoms with E-state index in [4.69, 9.17) is 6.42 Å². The number of aromatic carboxylic acids is 2. The number of terminal acetylenes is 1. The molecule has 4 heteroatoms. The Morgan fingerprint density at radius 1 is 0.650 bits per heavy atom. The molecule has 8 aliphatic rings. The van der Waals surface area contributed by atoms with Gasteiger partial charge in [-0.3, -0.25) is 0 Å². The van der Waals surface area contributed by atoms with Gasteiger partial charge in [0.2, 0.25) is 0 Å². The van der Waals surface area contributed by atoms with Crippen LogP contribution >= 0.6 is 0 Å². The van der Waals surface area contributed by atoms with Crippen LogP contribution in [0, 0.1) is 47.9 Å². The first-order valence-corrected chi connectivity index (χ1v) is 15.5. The molecule has 8 fully saturated rings. The lowest BCUT2D eigenvalue weighted by Crippen LogP contribution is -2.48. The van der Waals surface area contributed by atoms with E-state index in [1.807, 2.05) is 18.2 Å². The number of rotatable bonds is 5. The quantitative estimate of drug-likeness (QED) is 0.386. The normalized spacial score (nSPS) is 38.4. The van der Waals surface area contributed by atoms with Gasteiger partial charge >= 0.3 is 11.9 Å². The molecule has 2 N–H and O–H groups in total. The van der Waals surface area contributed by atoms with E-state index in [1.165, 1.54) is 63.4 Å². The van der Waals surface area contributed by atoms with Gasteiger partial charge in [0.15, 0.2) is 0 Å². The van der Waals surface area contributed by atoms with E-state index in [-0.39, 0.29) is 22.0 Å². The van der Waals surface area contributed by atoms with Crippen LogP contribution in [0.1, 0.15) is 114 Å². The Labute approximate surface area is 236 Å². The van der Waals surface area contributed by atoms with Crippen molar-refractivity contribution in [3.8, 4) is 23.5 Å². The maximum atomic E-state index is 12.8. The molecule has 206 valence electrons. The van der Waals surface area contributed by atoms with Crippen LogP contribution in [-0.2, 0) is 10.8 Å². The molecule has 0 atom stereocenters. The first-order valence-electron chi connectivity index (χ1n) is 15.5. The summed E-state index contributed by atoms with van der Waals surface area (Å²) < 4.78 is 0. The highest BCUT2D eigenvalue weighted by Gasteiger charge is 2.53. The van der Waals surface area contributed by atoms with Crippen molar-refractivity contribution in [2.45, 2.75) is 87.9 Å². The van der Waals surface area contributed by atoms with Crippen molar-refractivity contribution in [3.05, 3.63) is 58.1 Å². The zero-order valence-corrected chi connectivity index (χ0v) is 23.1.